The lowest BCUT2D eigenvalue weighted by Crippen LogP contribution is -2.41. The Labute approximate surface area is 117 Å². The fraction of sp³-hybridized carbons (Fsp3) is 0.625. The molecule has 0 aromatic heterocycles. The maximum Gasteiger partial charge on any atom is 0.120 e. The van der Waals surface area contributed by atoms with Crippen LogP contribution in [0.2, 0.25) is 0 Å². The van der Waals surface area contributed by atoms with Crippen LogP contribution in [0.15, 0.2) is 24.3 Å². The molecule has 0 amide bonds. The standard InChI is InChI=1S/C16H28N2O/c1-12(2)18(13(3)4)11-10-17-14(5)15-8-6-7-9-16(15)19/h6-9,12-14,17,19H,10-11H2,1-5H3. The monoisotopic (exact) mass is 264 g/mol. The second-order valence-corrected chi connectivity index (χ2v) is 5.66. The lowest BCUT2D eigenvalue weighted by molar-refractivity contribution is 0.174. The Morgan fingerprint density at radius 1 is 1.05 bits per heavy atom. The molecule has 2 N–H and O–H groups in total. The molecule has 0 radical (unpaired) electrons. The molecule has 1 aromatic carbocycles. The predicted molar refractivity (Wildman–Crippen MR) is 81.5 cm³/mol. The number of nitrogens with zero attached hydrogens (tertiary/aromatic N) is 1. The maximum atomic E-state index is 9.82. The van der Waals surface area contributed by atoms with E-state index >= 15 is 0 Å². The minimum absolute atomic E-state index is 0.169. The normalized spacial score (nSPS) is 13.5. The maximum absolute atomic E-state index is 9.82. The first kappa shape index (κ1) is 16.0. The molecule has 3 heteroatoms. The van der Waals surface area contributed by atoms with Crippen molar-refractivity contribution >= 4 is 0 Å². The largest absolute Gasteiger partial charge is 0.508 e. The highest BCUT2D eigenvalue weighted by atomic mass is 16.3. The molecule has 19 heavy (non-hydrogen) atoms. The molecule has 0 saturated carbocycles. The summed E-state index contributed by atoms with van der Waals surface area (Å²) < 4.78 is 0. The van der Waals surface area contributed by atoms with Crippen molar-refractivity contribution in [1.29, 1.82) is 0 Å². The molecule has 0 saturated heterocycles. The van der Waals surface area contributed by atoms with Crippen molar-refractivity contribution in [2.45, 2.75) is 52.7 Å². The third-order valence-electron chi connectivity index (χ3n) is 3.55. The Hall–Kier alpha value is -1.06. The van der Waals surface area contributed by atoms with Crippen molar-refractivity contribution in [1.82, 2.24) is 10.2 Å². The second-order valence-electron chi connectivity index (χ2n) is 5.66. The van der Waals surface area contributed by atoms with Gasteiger partial charge in [0, 0.05) is 36.8 Å². The third kappa shape index (κ3) is 4.84. The van der Waals surface area contributed by atoms with Gasteiger partial charge < -0.3 is 10.4 Å². The zero-order valence-corrected chi connectivity index (χ0v) is 12.9. The van der Waals surface area contributed by atoms with E-state index in [1.165, 1.54) is 0 Å². The Bertz CT molecular complexity index is 369. The second kappa shape index (κ2) is 7.51. The summed E-state index contributed by atoms with van der Waals surface area (Å²) in [7, 11) is 0. The SMILES string of the molecule is CC(NCCN(C(C)C)C(C)C)c1ccccc1O. The van der Waals surface area contributed by atoms with Gasteiger partial charge >= 0.3 is 0 Å². The van der Waals surface area contributed by atoms with Crippen LogP contribution in [0.4, 0.5) is 0 Å². The first-order valence-electron chi connectivity index (χ1n) is 7.20. The summed E-state index contributed by atoms with van der Waals surface area (Å²) in [6.45, 7) is 12.9. The van der Waals surface area contributed by atoms with E-state index < -0.39 is 0 Å². The first-order valence-corrected chi connectivity index (χ1v) is 7.20. The minimum Gasteiger partial charge on any atom is -0.508 e. The van der Waals surface area contributed by atoms with Crippen molar-refractivity contribution in [3.63, 3.8) is 0 Å². The molecule has 3 nitrogen and oxygen atoms in total. The average Bonchev–Trinajstić information content (AvgIpc) is 2.33. The van der Waals surface area contributed by atoms with E-state index in [0.717, 1.165) is 18.7 Å². The Kier molecular flexibility index (Phi) is 6.32. The van der Waals surface area contributed by atoms with Crippen molar-refractivity contribution in [3.05, 3.63) is 29.8 Å². The highest BCUT2D eigenvalue weighted by molar-refractivity contribution is 5.34. The molecule has 1 atom stereocenters. The molecule has 0 heterocycles. The summed E-state index contributed by atoms with van der Waals surface area (Å²) in [5.74, 6) is 0.368. The number of rotatable bonds is 7. The highest BCUT2D eigenvalue weighted by Gasteiger charge is 2.14. The van der Waals surface area contributed by atoms with Gasteiger partial charge in [-0.2, -0.15) is 0 Å². The molecule has 0 aliphatic carbocycles. The van der Waals surface area contributed by atoms with Gasteiger partial charge in [-0.3, -0.25) is 4.90 Å². The molecular formula is C16H28N2O. The lowest BCUT2D eigenvalue weighted by Gasteiger charge is -2.31. The van der Waals surface area contributed by atoms with E-state index in [9.17, 15) is 5.11 Å². The molecular weight excluding hydrogens is 236 g/mol. The number of phenols is 1. The van der Waals surface area contributed by atoms with E-state index in [2.05, 4.69) is 44.8 Å². The number of para-hydroxylation sites is 1. The first-order chi connectivity index (χ1) is 8.93. The minimum atomic E-state index is 0.169. The molecule has 1 aromatic rings. The quantitative estimate of drug-likeness (QED) is 0.794. The Morgan fingerprint density at radius 3 is 2.16 bits per heavy atom. The molecule has 0 aliphatic rings. The van der Waals surface area contributed by atoms with E-state index in [4.69, 9.17) is 0 Å². The molecule has 1 rings (SSSR count). The Morgan fingerprint density at radius 2 is 1.63 bits per heavy atom. The number of benzene rings is 1. The average molecular weight is 264 g/mol. The summed E-state index contributed by atoms with van der Waals surface area (Å²) in [6, 6.07) is 8.80. The van der Waals surface area contributed by atoms with Crippen molar-refractivity contribution in [2.75, 3.05) is 13.1 Å². The smallest absolute Gasteiger partial charge is 0.120 e. The van der Waals surface area contributed by atoms with Gasteiger partial charge in [0.1, 0.15) is 5.75 Å². The van der Waals surface area contributed by atoms with Crippen molar-refractivity contribution < 1.29 is 5.11 Å². The van der Waals surface area contributed by atoms with E-state index in [1.54, 1.807) is 6.07 Å². The molecule has 0 aliphatic heterocycles. The van der Waals surface area contributed by atoms with Crippen LogP contribution >= 0.6 is 0 Å². The van der Waals surface area contributed by atoms with Gasteiger partial charge in [0.15, 0.2) is 0 Å². The van der Waals surface area contributed by atoms with E-state index in [0.29, 0.717) is 17.8 Å². The summed E-state index contributed by atoms with van der Waals surface area (Å²) >= 11 is 0. The van der Waals surface area contributed by atoms with Gasteiger partial charge in [-0.25, -0.2) is 0 Å². The number of hydrogen-bond donors (Lipinski definition) is 2. The van der Waals surface area contributed by atoms with Gasteiger partial charge in [-0.15, -0.1) is 0 Å². The summed E-state index contributed by atoms with van der Waals surface area (Å²) in [5.41, 5.74) is 0.961. The molecule has 108 valence electrons. The summed E-state index contributed by atoms with van der Waals surface area (Å²) in [6.07, 6.45) is 0. The van der Waals surface area contributed by atoms with Gasteiger partial charge in [0.25, 0.3) is 0 Å². The Balaban J connectivity index is 2.47. The molecule has 0 spiro atoms. The van der Waals surface area contributed by atoms with Gasteiger partial charge in [-0.05, 0) is 40.7 Å². The fourth-order valence-electron chi connectivity index (χ4n) is 2.49. The molecule has 1 unspecified atom stereocenters. The summed E-state index contributed by atoms with van der Waals surface area (Å²) in [4.78, 5) is 2.46. The van der Waals surface area contributed by atoms with Crippen LogP contribution in [0.1, 0.15) is 46.2 Å². The van der Waals surface area contributed by atoms with Crippen LogP contribution in [-0.2, 0) is 0 Å². The zero-order valence-electron chi connectivity index (χ0n) is 12.9. The topological polar surface area (TPSA) is 35.5 Å². The number of aromatic hydroxyl groups is 1. The van der Waals surface area contributed by atoms with Crippen molar-refractivity contribution in [3.8, 4) is 5.75 Å². The number of hydrogen-bond acceptors (Lipinski definition) is 3. The fourth-order valence-corrected chi connectivity index (χ4v) is 2.49. The van der Waals surface area contributed by atoms with Crippen LogP contribution < -0.4 is 5.32 Å². The molecule has 0 fully saturated rings. The molecule has 0 bridgehead atoms. The van der Waals surface area contributed by atoms with Crippen LogP contribution in [0.25, 0.3) is 0 Å². The van der Waals surface area contributed by atoms with Crippen LogP contribution in [-0.4, -0.2) is 35.2 Å². The van der Waals surface area contributed by atoms with Gasteiger partial charge in [-0.1, -0.05) is 18.2 Å². The van der Waals surface area contributed by atoms with E-state index in [1.807, 2.05) is 18.2 Å². The number of phenolic OH excluding ortho intramolecular Hbond substituents is 1. The van der Waals surface area contributed by atoms with Crippen LogP contribution in [0.3, 0.4) is 0 Å². The lowest BCUT2D eigenvalue weighted by atomic mass is 10.1. The van der Waals surface area contributed by atoms with Gasteiger partial charge in [0.05, 0.1) is 0 Å². The van der Waals surface area contributed by atoms with Gasteiger partial charge in [0.2, 0.25) is 0 Å². The van der Waals surface area contributed by atoms with Crippen LogP contribution in [0.5, 0.6) is 5.75 Å². The summed E-state index contributed by atoms with van der Waals surface area (Å²) in [5, 5.41) is 13.3. The highest BCUT2D eigenvalue weighted by Crippen LogP contribution is 2.22. The zero-order chi connectivity index (χ0) is 14.4. The number of nitrogens with one attached hydrogen (secondary N) is 1. The van der Waals surface area contributed by atoms with E-state index in [-0.39, 0.29) is 6.04 Å². The third-order valence-corrected chi connectivity index (χ3v) is 3.55. The predicted octanol–water partition coefficient (Wildman–Crippen LogP) is 3.16. The van der Waals surface area contributed by atoms with Crippen molar-refractivity contribution in [2.24, 2.45) is 0 Å². The van der Waals surface area contributed by atoms with Crippen LogP contribution in [0, 0.1) is 0 Å².